The fraction of sp³-hybridized carbons (Fsp3) is 0.467. The summed E-state index contributed by atoms with van der Waals surface area (Å²) in [5.41, 5.74) is 0.752. The van der Waals surface area contributed by atoms with Gasteiger partial charge in [0.05, 0.1) is 17.9 Å². The Morgan fingerprint density at radius 1 is 1.33 bits per heavy atom. The first-order chi connectivity index (χ1) is 10.0. The summed E-state index contributed by atoms with van der Waals surface area (Å²) in [5, 5.41) is 11.7. The van der Waals surface area contributed by atoms with Crippen molar-refractivity contribution in [2.24, 2.45) is 11.8 Å². The molecule has 0 heterocycles. The first-order valence-corrected chi connectivity index (χ1v) is 6.81. The minimum Gasteiger partial charge on any atom is -0.481 e. The highest BCUT2D eigenvalue weighted by Crippen LogP contribution is 2.34. The van der Waals surface area contributed by atoms with Crippen molar-refractivity contribution in [3.05, 3.63) is 35.6 Å². The molecule has 5 nitrogen and oxygen atoms in total. The lowest BCUT2D eigenvalue weighted by Gasteiger charge is -2.32. The van der Waals surface area contributed by atoms with Crippen LogP contribution in [0.25, 0.3) is 0 Å². The Morgan fingerprint density at radius 3 is 2.43 bits per heavy atom. The average Bonchev–Trinajstić information content (AvgIpc) is 2.39. The van der Waals surface area contributed by atoms with Crippen LogP contribution in [0.5, 0.6) is 0 Å². The number of halogens is 1. The maximum absolute atomic E-state index is 12.9. The third-order valence-electron chi connectivity index (χ3n) is 3.92. The van der Waals surface area contributed by atoms with Crippen LogP contribution in [0, 0.1) is 17.7 Å². The van der Waals surface area contributed by atoms with Crippen molar-refractivity contribution in [1.82, 2.24) is 5.32 Å². The van der Waals surface area contributed by atoms with Gasteiger partial charge in [-0.15, -0.1) is 0 Å². The van der Waals surface area contributed by atoms with Gasteiger partial charge in [0.15, 0.2) is 0 Å². The molecule has 0 spiro atoms. The molecule has 1 aromatic rings. The quantitative estimate of drug-likeness (QED) is 0.838. The predicted octanol–water partition coefficient (Wildman–Crippen LogP) is 1.74. The first kappa shape index (κ1) is 15.4. The van der Waals surface area contributed by atoms with Crippen LogP contribution in [0.1, 0.15) is 24.5 Å². The highest BCUT2D eigenvalue weighted by Gasteiger charge is 2.41. The molecule has 1 amide bonds. The largest absolute Gasteiger partial charge is 0.481 e. The van der Waals surface area contributed by atoms with Crippen LogP contribution in [0.3, 0.4) is 0 Å². The van der Waals surface area contributed by atoms with Crippen LogP contribution in [-0.2, 0) is 14.3 Å². The molecule has 2 rings (SSSR count). The van der Waals surface area contributed by atoms with Crippen molar-refractivity contribution in [2.45, 2.75) is 18.9 Å². The summed E-state index contributed by atoms with van der Waals surface area (Å²) in [6.07, 6.45) is 0.744. The molecule has 1 aliphatic carbocycles. The predicted molar refractivity (Wildman–Crippen MR) is 73.0 cm³/mol. The SMILES string of the molecule is COC(CNC(=O)C1CCC1C(=O)O)c1ccc(F)cc1. The lowest BCUT2D eigenvalue weighted by molar-refractivity contribution is -0.152. The van der Waals surface area contributed by atoms with Gasteiger partial charge >= 0.3 is 5.97 Å². The van der Waals surface area contributed by atoms with E-state index in [1.807, 2.05) is 0 Å². The molecule has 6 heteroatoms. The Kier molecular flexibility index (Phi) is 4.90. The highest BCUT2D eigenvalue weighted by atomic mass is 19.1. The van der Waals surface area contributed by atoms with Gasteiger partial charge in [0.1, 0.15) is 5.82 Å². The number of nitrogens with one attached hydrogen (secondary N) is 1. The third-order valence-corrected chi connectivity index (χ3v) is 3.92. The molecule has 3 unspecified atom stereocenters. The number of amides is 1. The summed E-state index contributed by atoms with van der Waals surface area (Å²) in [7, 11) is 1.50. The molecule has 2 N–H and O–H groups in total. The minimum absolute atomic E-state index is 0.226. The van der Waals surface area contributed by atoms with Gasteiger partial charge in [-0.05, 0) is 30.5 Å². The number of benzene rings is 1. The number of aliphatic carboxylic acids is 1. The second-order valence-corrected chi connectivity index (χ2v) is 5.15. The van der Waals surface area contributed by atoms with E-state index in [0.29, 0.717) is 12.8 Å². The number of carbonyl (C=O) groups is 2. The fourth-order valence-corrected chi connectivity index (χ4v) is 2.45. The highest BCUT2D eigenvalue weighted by molar-refractivity contribution is 5.86. The van der Waals surface area contributed by atoms with E-state index in [1.54, 1.807) is 12.1 Å². The monoisotopic (exact) mass is 295 g/mol. The van der Waals surface area contributed by atoms with Crippen LogP contribution < -0.4 is 5.32 Å². The smallest absolute Gasteiger partial charge is 0.307 e. The molecule has 1 aliphatic rings. The number of hydrogen-bond donors (Lipinski definition) is 2. The van der Waals surface area contributed by atoms with Crippen LogP contribution in [-0.4, -0.2) is 30.6 Å². The van der Waals surface area contributed by atoms with Crippen LogP contribution in [0.2, 0.25) is 0 Å². The normalized spacial score (nSPS) is 22.2. The van der Waals surface area contributed by atoms with E-state index < -0.39 is 23.9 Å². The van der Waals surface area contributed by atoms with Gasteiger partial charge in [-0.3, -0.25) is 9.59 Å². The van der Waals surface area contributed by atoms with E-state index in [-0.39, 0.29) is 18.3 Å². The number of carboxylic acid groups (broad SMARTS) is 1. The van der Waals surface area contributed by atoms with Crippen molar-refractivity contribution < 1.29 is 23.8 Å². The van der Waals surface area contributed by atoms with Gasteiger partial charge in [-0.2, -0.15) is 0 Å². The van der Waals surface area contributed by atoms with Crippen LogP contribution in [0.15, 0.2) is 24.3 Å². The third kappa shape index (κ3) is 3.58. The van der Waals surface area contributed by atoms with Gasteiger partial charge in [0, 0.05) is 13.7 Å². The molecule has 1 saturated carbocycles. The van der Waals surface area contributed by atoms with Crippen LogP contribution in [0.4, 0.5) is 4.39 Å². The van der Waals surface area contributed by atoms with Gasteiger partial charge in [0.2, 0.25) is 5.91 Å². The summed E-state index contributed by atoms with van der Waals surface area (Å²) >= 11 is 0. The van der Waals surface area contributed by atoms with E-state index in [4.69, 9.17) is 9.84 Å². The van der Waals surface area contributed by atoms with Crippen molar-refractivity contribution in [3.63, 3.8) is 0 Å². The molecule has 21 heavy (non-hydrogen) atoms. The number of ether oxygens (including phenoxy) is 1. The number of methoxy groups -OCH3 is 1. The Balaban J connectivity index is 1.90. The summed E-state index contributed by atoms with van der Waals surface area (Å²) in [4.78, 5) is 22.9. The fourth-order valence-electron chi connectivity index (χ4n) is 2.45. The van der Waals surface area contributed by atoms with Gasteiger partial charge in [0.25, 0.3) is 0 Å². The topological polar surface area (TPSA) is 75.6 Å². The molecular weight excluding hydrogens is 277 g/mol. The van der Waals surface area contributed by atoms with E-state index in [9.17, 15) is 14.0 Å². The maximum atomic E-state index is 12.9. The van der Waals surface area contributed by atoms with Crippen molar-refractivity contribution in [2.75, 3.05) is 13.7 Å². The molecule has 0 bridgehead atoms. The van der Waals surface area contributed by atoms with Crippen molar-refractivity contribution in [3.8, 4) is 0 Å². The van der Waals surface area contributed by atoms with E-state index in [0.717, 1.165) is 5.56 Å². The van der Waals surface area contributed by atoms with Gasteiger partial charge < -0.3 is 15.2 Å². The Morgan fingerprint density at radius 2 is 1.95 bits per heavy atom. The molecule has 1 aromatic carbocycles. The first-order valence-electron chi connectivity index (χ1n) is 6.81. The van der Waals surface area contributed by atoms with Crippen LogP contribution >= 0.6 is 0 Å². The second-order valence-electron chi connectivity index (χ2n) is 5.15. The zero-order valence-electron chi connectivity index (χ0n) is 11.7. The number of hydrogen-bond acceptors (Lipinski definition) is 3. The van der Waals surface area contributed by atoms with Crippen molar-refractivity contribution >= 4 is 11.9 Å². The summed E-state index contributed by atoms with van der Waals surface area (Å²) in [6.45, 7) is 0.226. The zero-order chi connectivity index (χ0) is 15.4. The Bertz CT molecular complexity index is 517. The second kappa shape index (κ2) is 6.67. The zero-order valence-corrected chi connectivity index (χ0v) is 11.7. The summed E-state index contributed by atoms with van der Waals surface area (Å²) in [5.74, 6) is -2.58. The lowest BCUT2D eigenvalue weighted by Crippen LogP contribution is -2.45. The standard InChI is InChI=1S/C15H18FNO4/c1-21-13(9-2-4-10(16)5-3-9)8-17-14(18)11-6-7-12(11)15(19)20/h2-5,11-13H,6-8H2,1H3,(H,17,18)(H,19,20). The maximum Gasteiger partial charge on any atom is 0.307 e. The molecular formula is C15H18FNO4. The Hall–Kier alpha value is -1.95. The summed E-state index contributed by atoms with van der Waals surface area (Å²) < 4.78 is 18.2. The molecule has 0 radical (unpaired) electrons. The van der Waals surface area contributed by atoms with E-state index >= 15 is 0 Å². The van der Waals surface area contributed by atoms with Gasteiger partial charge in [-0.1, -0.05) is 12.1 Å². The number of carbonyl (C=O) groups excluding carboxylic acids is 1. The molecule has 0 saturated heterocycles. The summed E-state index contributed by atoms with van der Waals surface area (Å²) in [6, 6.07) is 5.85. The van der Waals surface area contributed by atoms with E-state index in [2.05, 4.69) is 5.32 Å². The number of carboxylic acids is 1. The lowest BCUT2D eigenvalue weighted by atomic mass is 9.73. The van der Waals surface area contributed by atoms with Gasteiger partial charge in [-0.25, -0.2) is 4.39 Å². The minimum atomic E-state index is -0.928. The molecule has 114 valence electrons. The average molecular weight is 295 g/mol. The molecule has 0 aliphatic heterocycles. The molecule has 0 aromatic heterocycles. The Labute approximate surface area is 122 Å². The molecule has 3 atom stereocenters. The number of rotatable bonds is 6. The van der Waals surface area contributed by atoms with E-state index in [1.165, 1.54) is 19.2 Å². The van der Waals surface area contributed by atoms with Crippen molar-refractivity contribution in [1.29, 1.82) is 0 Å². The molecule has 1 fully saturated rings.